The molecule has 2 aromatic carbocycles. The van der Waals surface area contributed by atoms with Crippen LogP contribution in [0.2, 0.25) is 0 Å². The van der Waals surface area contributed by atoms with Gasteiger partial charge >= 0.3 is 148 Å². The summed E-state index contributed by atoms with van der Waals surface area (Å²) in [6.45, 7) is -0.597. The predicted octanol–water partition coefficient (Wildman–Crippen LogP) is -17.9. The third-order valence-corrected chi connectivity index (χ3v) is 7.18. The third kappa shape index (κ3) is 18.9. The molecule has 29 heteroatoms. The first kappa shape index (κ1) is 54.6. The van der Waals surface area contributed by atoms with Crippen LogP contribution in [0, 0.1) is 0 Å². The Morgan fingerprint density at radius 2 is 1.12 bits per heavy atom. The largest absolute Gasteiger partial charge is 1.00 e. The van der Waals surface area contributed by atoms with E-state index in [2.05, 4.69) is 16.7 Å². The average Bonchev–Trinajstić information content (AvgIpc) is 2.81. The van der Waals surface area contributed by atoms with Crippen LogP contribution in [-0.4, -0.2) is 74.7 Å². The zero-order valence-corrected chi connectivity index (χ0v) is 39.6. The summed E-state index contributed by atoms with van der Waals surface area (Å²) in [6.07, 6.45) is -1.63. The van der Waals surface area contributed by atoms with E-state index in [9.17, 15) is 66.6 Å². The Morgan fingerprint density at radius 1 is 0.673 bits per heavy atom. The van der Waals surface area contributed by atoms with Gasteiger partial charge in [-0.1, -0.05) is 0 Å². The van der Waals surface area contributed by atoms with Gasteiger partial charge in [-0.2, -0.15) is 0 Å². The molecule has 1 unspecified atom stereocenters. The third-order valence-electron chi connectivity index (χ3n) is 5.63. The topological polar surface area (TPSA) is 326 Å². The van der Waals surface area contributed by atoms with Gasteiger partial charge in [0.2, 0.25) is 5.91 Å². The van der Waals surface area contributed by atoms with E-state index >= 15 is 0 Å². The molecule has 1 heterocycles. The standard InChI is InChI=1S/C20H21NO19S4.5Na/c22-19(3-1-2-11-6-14(37-41(25,26)27)4-5-16(11)38-42(28,29)30)21-10-13-9-18(40-44(34,35)36)17(39-43(31,32)33)8-12(13)7-15(21)20(23)24;;;;;/h4-6,8-9,15H,1-3,7,10H2,(H,23,24)(H,25,26,27)(H,28,29,30)(H,31,32,33)(H,34,35,36);;;;;/q;5*+1/p-5. The molecule has 1 aliphatic rings. The number of aliphatic carboxylic acids is 1. The number of nitrogens with zero attached hydrogens (tertiary/aromatic N) is 1. The van der Waals surface area contributed by atoms with Crippen molar-refractivity contribution in [3.63, 3.8) is 0 Å². The van der Waals surface area contributed by atoms with Crippen LogP contribution in [0.4, 0.5) is 0 Å². The molecule has 0 saturated carbocycles. The molecule has 0 N–H and O–H groups in total. The van der Waals surface area contributed by atoms with E-state index in [1.54, 1.807) is 0 Å². The van der Waals surface area contributed by atoms with Gasteiger partial charge in [-0.25, -0.2) is 33.7 Å². The second kappa shape index (κ2) is 21.9. The van der Waals surface area contributed by atoms with Crippen molar-refractivity contribution in [1.29, 1.82) is 0 Å². The molecule has 1 atom stereocenters. The Balaban J connectivity index is -0.00000423. The number of hydrogen-bond acceptors (Lipinski definition) is 19. The average molecular weight is 818 g/mol. The molecule has 0 aromatic heterocycles. The van der Waals surface area contributed by atoms with Crippen molar-refractivity contribution in [2.24, 2.45) is 0 Å². The fourth-order valence-electron chi connectivity index (χ4n) is 4.10. The van der Waals surface area contributed by atoms with E-state index in [0.717, 1.165) is 35.2 Å². The van der Waals surface area contributed by atoms with Crippen LogP contribution in [0.3, 0.4) is 0 Å². The summed E-state index contributed by atoms with van der Waals surface area (Å²) in [5.41, 5.74) is -0.311. The van der Waals surface area contributed by atoms with Crippen molar-refractivity contribution in [3.8, 4) is 23.0 Å². The summed E-state index contributed by atoms with van der Waals surface area (Å²) in [4.78, 5) is 25.6. The molecule has 0 bridgehead atoms. The van der Waals surface area contributed by atoms with Gasteiger partial charge in [0, 0.05) is 13.0 Å². The Morgan fingerprint density at radius 3 is 1.57 bits per heavy atom. The van der Waals surface area contributed by atoms with E-state index in [1.807, 2.05) is 0 Å². The molecule has 2 aromatic rings. The summed E-state index contributed by atoms with van der Waals surface area (Å²) >= 11 is 0. The van der Waals surface area contributed by atoms with Gasteiger partial charge in [-0.05, 0) is 66.3 Å². The number of amides is 1. The molecule has 0 spiro atoms. The van der Waals surface area contributed by atoms with E-state index in [4.69, 9.17) is 0 Å². The minimum Gasteiger partial charge on any atom is -0.716 e. The molecule has 0 aliphatic carbocycles. The minimum absolute atomic E-state index is 0. The van der Waals surface area contributed by atoms with Gasteiger partial charge in [0.1, 0.15) is 11.5 Å². The van der Waals surface area contributed by atoms with Crippen molar-refractivity contribution < 1.29 is 231 Å². The van der Waals surface area contributed by atoms with Gasteiger partial charge in [0.15, 0.2) is 11.5 Å². The number of aryl methyl sites for hydroxylation is 1. The molecule has 244 valence electrons. The normalized spacial score (nSPS) is 14.0. The molecule has 3 rings (SSSR count). The molecule has 1 amide bonds. The van der Waals surface area contributed by atoms with Gasteiger partial charge in [-0.15, -0.1) is 0 Å². The van der Waals surface area contributed by atoms with E-state index in [-0.39, 0.29) is 177 Å². The van der Waals surface area contributed by atoms with Crippen LogP contribution in [0.5, 0.6) is 23.0 Å². The Labute approximate surface area is 391 Å². The van der Waals surface area contributed by atoms with Crippen molar-refractivity contribution in [1.82, 2.24) is 4.90 Å². The van der Waals surface area contributed by atoms with Crippen LogP contribution >= 0.6 is 0 Å². The molecular weight excluding hydrogens is 801 g/mol. The molecule has 0 fully saturated rings. The monoisotopic (exact) mass is 817 g/mol. The Kier molecular flexibility index (Phi) is 24.4. The van der Waals surface area contributed by atoms with Crippen molar-refractivity contribution in [2.75, 3.05) is 0 Å². The molecule has 49 heavy (non-hydrogen) atoms. The second-order valence-electron chi connectivity index (χ2n) is 8.72. The maximum Gasteiger partial charge on any atom is 1.00 e. The van der Waals surface area contributed by atoms with Crippen LogP contribution < -0.4 is 170 Å². The number of carbonyl (C=O) groups excluding carboxylic acids is 2. The van der Waals surface area contributed by atoms with Crippen molar-refractivity contribution in [3.05, 3.63) is 47.0 Å². The Hall–Kier alpha value is 1.22. The molecule has 20 nitrogen and oxygen atoms in total. The number of hydrogen-bond donors (Lipinski definition) is 0. The first-order valence-electron chi connectivity index (χ1n) is 11.4. The fraction of sp³-hybridized carbons (Fsp3) is 0.300. The SMILES string of the molecule is O=C([O-])C1Cc2cc(OS(=O)(=O)[O-])c(OS(=O)(=O)[O-])cc2CN1C(=O)CCCc1cc(OS(=O)(=O)[O-])ccc1OS(=O)(=O)[O-].[Na+].[Na+].[Na+].[Na+].[Na+]. The molecular formula is C20H16NNa5O19S4. The quantitative estimate of drug-likeness (QED) is 0.103. The fourth-order valence-corrected chi connectivity index (χ4v) is 5.52. The van der Waals surface area contributed by atoms with Crippen LogP contribution in [0.15, 0.2) is 30.3 Å². The zero-order chi connectivity index (χ0) is 33.3. The maximum atomic E-state index is 13.0. The van der Waals surface area contributed by atoms with E-state index in [0.29, 0.717) is 0 Å². The van der Waals surface area contributed by atoms with Crippen molar-refractivity contribution in [2.45, 2.75) is 38.3 Å². The number of carboxylic acids is 1. The number of fused-ring (bicyclic) bond motifs is 1. The summed E-state index contributed by atoms with van der Waals surface area (Å²) in [6, 6.07) is 2.21. The van der Waals surface area contributed by atoms with Crippen LogP contribution in [0.25, 0.3) is 0 Å². The minimum atomic E-state index is -5.54. The zero-order valence-electron chi connectivity index (χ0n) is 26.3. The first-order valence-corrected chi connectivity index (χ1v) is 16.7. The van der Waals surface area contributed by atoms with E-state index < -0.39 is 102 Å². The molecule has 1 aliphatic heterocycles. The smallest absolute Gasteiger partial charge is 0.716 e. The number of carbonyl (C=O) groups is 2. The van der Waals surface area contributed by atoms with Crippen LogP contribution in [-0.2, 0) is 70.6 Å². The van der Waals surface area contributed by atoms with Gasteiger partial charge < -0.3 is 49.7 Å². The first-order chi connectivity index (χ1) is 20.0. The van der Waals surface area contributed by atoms with Gasteiger partial charge in [-0.3, -0.25) is 4.79 Å². The molecule has 0 radical (unpaired) electrons. The van der Waals surface area contributed by atoms with E-state index in [1.165, 1.54) is 0 Å². The summed E-state index contributed by atoms with van der Waals surface area (Å²) in [5.74, 6) is -5.97. The second-order valence-corrected chi connectivity index (χ2v) is 12.7. The Bertz CT molecular complexity index is 1930. The number of rotatable bonds is 13. The van der Waals surface area contributed by atoms with Gasteiger partial charge in [0.25, 0.3) is 41.6 Å². The summed E-state index contributed by atoms with van der Waals surface area (Å²) in [5, 5.41) is 11.9. The maximum absolute atomic E-state index is 13.0. The summed E-state index contributed by atoms with van der Waals surface area (Å²) < 4.78 is 149. The molecule has 0 saturated heterocycles. The van der Waals surface area contributed by atoms with Crippen molar-refractivity contribution >= 4 is 53.5 Å². The number of carboxylic acid groups (broad SMARTS) is 1. The predicted molar refractivity (Wildman–Crippen MR) is 130 cm³/mol. The summed E-state index contributed by atoms with van der Waals surface area (Å²) in [7, 11) is -21.7. The number of benzene rings is 2. The van der Waals surface area contributed by atoms with Gasteiger partial charge in [0.05, 0.1) is 12.0 Å². The van der Waals surface area contributed by atoms with Crippen LogP contribution in [0.1, 0.15) is 29.5 Å².